The smallest absolute Gasteiger partial charge is 0.0357 e. The number of unbranched alkanes of at least 4 members (excludes halogenated alkanes) is 2. The van der Waals surface area contributed by atoms with Crippen LogP contribution in [0.2, 0.25) is 0 Å². The quantitative estimate of drug-likeness (QED) is 0.696. The Morgan fingerprint density at radius 3 is 2.56 bits per heavy atom. The molecule has 0 amide bonds. The summed E-state index contributed by atoms with van der Waals surface area (Å²) in [5, 5.41) is 3.53. The van der Waals surface area contributed by atoms with Gasteiger partial charge in [0.1, 0.15) is 0 Å². The second-order valence-corrected chi connectivity index (χ2v) is 6.25. The van der Waals surface area contributed by atoms with E-state index >= 15 is 0 Å². The standard InChI is InChI=1S/C15H25NOS/c1-3-4-6-11-15(16-12-13-18(2)17)14-9-7-5-8-10-14/h5,7-10,15-16H,3-4,6,11-13H2,1-2H3. The number of hydrogen-bond acceptors (Lipinski definition) is 2. The second-order valence-electron chi connectivity index (χ2n) is 4.69. The van der Waals surface area contributed by atoms with Crippen molar-refractivity contribution in [3.05, 3.63) is 35.9 Å². The van der Waals surface area contributed by atoms with Crippen molar-refractivity contribution in [3.63, 3.8) is 0 Å². The predicted octanol–water partition coefficient (Wildman–Crippen LogP) is 3.28. The minimum atomic E-state index is -0.708. The monoisotopic (exact) mass is 267 g/mol. The molecular weight excluding hydrogens is 242 g/mol. The molecule has 0 aliphatic rings. The fourth-order valence-electron chi connectivity index (χ4n) is 2.05. The molecule has 2 atom stereocenters. The minimum absolute atomic E-state index is 0.404. The van der Waals surface area contributed by atoms with Crippen molar-refractivity contribution >= 4 is 10.8 Å². The Kier molecular flexibility index (Phi) is 7.94. The van der Waals surface area contributed by atoms with Gasteiger partial charge < -0.3 is 5.32 Å². The Balaban J connectivity index is 2.49. The van der Waals surface area contributed by atoms with Crippen LogP contribution in [-0.4, -0.2) is 22.8 Å². The molecule has 0 aromatic heterocycles. The molecule has 0 spiro atoms. The molecule has 0 aliphatic carbocycles. The first-order valence-electron chi connectivity index (χ1n) is 6.82. The SMILES string of the molecule is CCCCCC(NCCS(C)=O)c1ccccc1. The molecular formula is C15H25NOS. The zero-order valence-corrected chi connectivity index (χ0v) is 12.3. The number of hydrogen-bond donors (Lipinski definition) is 1. The molecule has 2 nitrogen and oxygen atoms in total. The first-order valence-corrected chi connectivity index (χ1v) is 8.55. The predicted molar refractivity (Wildman–Crippen MR) is 80.3 cm³/mol. The molecule has 102 valence electrons. The van der Waals surface area contributed by atoms with Crippen molar-refractivity contribution < 1.29 is 4.21 Å². The molecule has 0 saturated carbocycles. The highest BCUT2D eigenvalue weighted by Gasteiger charge is 2.09. The molecule has 18 heavy (non-hydrogen) atoms. The zero-order chi connectivity index (χ0) is 13.2. The van der Waals surface area contributed by atoms with Crippen LogP contribution in [0.3, 0.4) is 0 Å². The average Bonchev–Trinajstić information content (AvgIpc) is 2.38. The van der Waals surface area contributed by atoms with Gasteiger partial charge in [-0.15, -0.1) is 0 Å². The molecule has 1 N–H and O–H groups in total. The molecule has 0 aliphatic heterocycles. The van der Waals surface area contributed by atoms with Gasteiger partial charge in [-0.2, -0.15) is 0 Å². The molecule has 0 radical (unpaired) electrons. The van der Waals surface area contributed by atoms with Crippen LogP contribution in [0.1, 0.15) is 44.2 Å². The normalized spacial score (nSPS) is 14.3. The van der Waals surface area contributed by atoms with Gasteiger partial charge in [-0.25, -0.2) is 0 Å². The van der Waals surface area contributed by atoms with Gasteiger partial charge in [0, 0.05) is 35.4 Å². The van der Waals surface area contributed by atoms with Crippen LogP contribution in [0.4, 0.5) is 0 Å². The van der Waals surface area contributed by atoms with E-state index in [9.17, 15) is 4.21 Å². The van der Waals surface area contributed by atoms with Crippen molar-refractivity contribution in [2.24, 2.45) is 0 Å². The third kappa shape index (κ3) is 6.31. The topological polar surface area (TPSA) is 29.1 Å². The molecule has 0 bridgehead atoms. The fourth-order valence-corrected chi connectivity index (χ4v) is 2.45. The maximum absolute atomic E-state index is 11.1. The van der Waals surface area contributed by atoms with Crippen molar-refractivity contribution in [3.8, 4) is 0 Å². The lowest BCUT2D eigenvalue weighted by atomic mass is 10.0. The van der Waals surface area contributed by atoms with Crippen LogP contribution in [0.5, 0.6) is 0 Å². The van der Waals surface area contributed by atoms with E-state index in [0.29, 0.717) is 6.04 Å². The molecule has 1 rings (SSSR count). The van der Waals surface area contributed by atoms with E-state index in [-0.39, 0.29) is 0 Å². The Morgan fingerprint density at radius 1 is 1.22 bits per heavy atom. The van der Waals surface area contributed by atoms with E-state index in [0.717, 1.165) is 18.7 Å². The van der Waals surface area contributed by atoms with Crippen molar-refractivity contribution in [2.75, 3.05) is 18.6 Å². The van der Waals surface area contributed by atoms with Crippen LogP contribution in [0.25, 0.3) is 0 Å². The van der Waals surface area contributed by atoms with Crippen LogP contribution in [0, 0.1) is 0 Å². The summed E-state index contributed by atoms with van der Waals surface area (Å²) >= 11 is 0. The summed E-state index contributed by atoms with van der Waals surface area (Å²) in [4.78, 5) is 0. The van der Waals surface area contributed by atoms with Crippen LogP contribution in [0.15, 0.2) is 30.3 Å². The summed E-state index contributed by atoms with van der Waals surface area (Å²) in [7, 11) is -0.708. The maximum Gasteiger partial charge on any atom is 0.0357 e. The van der Waals surface area contributed by atoms with Gasteiger partial charge in [0.15, 0.2) is 0 Å². The van der Waals surface area contributed by atoms with Gasteiger partial charge in [-0.3, -0.25) is 4.21 Å². The average molecular weight is 267 g/mol. The van der Waals surface area contributed by atoms with Crippen LogP contribution >= 0.6 is 0 Å². The van der Waals surface area contributed by atoms with Gasteiger partial charge in [-0.05, 0) is 12.0 Å². The lowest BCUT2D eigenvalue weighted by Gasteiger charge is -2.19. The van der Waals surface area contributed by atoms with Crippen molar-refractivity contribution in [1.82, 2.24) is 5.32 Å². The van der Waals surface area contributed by atoms with Crippen molar-refractivity contribution in [2.45, 2.75) is 38.6 Å². The van der Waals surface area contributed by atoms with Gasteiger partial charge in [0.05, 0.1) is 0 Å². The third-order valence-corrected chi connectivity index (χ3v) is 3.86. The fraction of sp³-hybridized carbons (Fsp3) is 0.600. The van der Waals surface area contributed by atoms with E-state index in [4.69, 9.17) is 0 Å². The lowest BCUT2D eigenvalue weighted by molar-refractivity contribution is 0.487. The Morgan fingerprint density at radius 2 is 1.94 bits per heavy atom. The summed E-state index contributed by atoms with van der Waals surface area (Å²) in [5.41, 5.74) is 1.34. The summed E-state index contributed by atoms with van der Waals surface area (Å²) in [6.45, 7) is 3.06. The molecule has 0 heterocycles. The van der Waals surface area contributed by atoms with Gasteiger partial charge >= 0.3 is 0 Å². The number of nitrogens with one attached hydrogen (secondary N) is 1. The molecule has 3 heteroatoms. The molecule has 1 aromatic carbocycles. The maximum atomic E-state index is 11.1. The van der Waals surface area contributed by atoms with E-state index in [2.05, 4.69) is 36.5 Å². The Hall–Kier alpha value is -0.670. The molecule has 1 aromatic rings. The molecule has 0 fully saturated rings. The largest absolute Gasteiger partial charge is 0.309 e. The van der Waals surface area contributed by atoms with Gasteiger partial charge in [0.25, 0.3) is 0 Å². The van der Waals surface area contributed by atoms with Crippen molar-refractivity contribution in [1.29, 1.82) is 0 Å². The van der Waals surface area contributed by atoms with E-state index < -0.39 is 10.8 Å². The third-order valence-electron chi connectivity index (χ3n) is 3.08. The summed E-state index contributed by atoms with van der Waals surface area (Å²) in [6.07, 6.45) is 6.70. The van der Waals surface area contributed by atoms with Crippen LogP contribution in [-0.2, 0) is 10.8 Å². The first kappa shape index (κ1) is 15.4. The zero-order valence-electron chi connectivity index (χ0n) is 11.5. The summed E-state index contributed by atoms with van der Waals surface area (Å²) in [5.74, 6) is 0.733. The highest BCUT2D eigenvalue weighted by molar-refractivity contribution is 7.84. The molecule has 0 saturated heterocycles. The van der Waals surface area contributed by atoms with E-state index in [1.165, 1.54) is 24.8 Å². The summed E-state index contributed by atoms with van der Waals surface area (Å²) < 4.78 is 11.1. The minimum Gasteiger partial charge on any atom is -0.309 e. The van der Waals surface area contributed by atoms with Gasteiger partial charge in [0.2, 0.25) is 0 Å². The lowest BCUT2D eigenvalue weighted by Crippen LogP contribution is -2.25. The number of rotatable bonds is 9. The highest BCUT2D eigenvalue weighted by atomic mass is 32.2. The number of benzene rings is 1. The Bertz CT molecular complexity index is 340. The summed E-state index contributed by atoms with van der Waals surface area (Å²) in [6, 6.07) is 11.0. The first-order chi connectivity index (χ1) is 8.74. The van der Waals surface area contributed by atoms with E-state index in [1.54, 1.807) is 6.26 Å². The second kappa shape index (κ2) is 9.29. The highest BCUT2D eigenvalue weighted by Crippen LogP contribution is 2.19. The van der Waals surface area contributed by atoms with E-state index in [1.807, 2.05) is 6.07 Å². The van der Waals surface area contributed by atoms with Crippen LogP contribution < -0.4 is 5.32 Å². The Labute approximate surface area is 114 Å². The molecule has 2 unspecified atom stereocenters. The van der Waals surface area contributed by atoms with Gasteiger partial charge in [-0.1, -0.05) is 56.5 Å².